The molecule has 0 bridgehead atoms. The van der Waals surface area contributed by atoms with E-state index in [4.69, 9.17) is 30.5 Å². The minimum absolute atomic E-state index is 0.0685. The number of nitrogens with one attached hydrogen (secondary N) is 6. The van der Waals surface area contributed by atoms with E-state index in [2.05, 4.69) is 99.9 Å². The Kier molecular flexibility index (Phi) is 42.2. The molecule has 4 fully saturated rings. The predicted octanol–water partition coefficient (Wildman–Crippen LogP) is 12.0. The van der Waals surface area contributed by atoms with Crippen LogP contribution in [0.3, 0.4) is 0 Å². The van der Waals surface area contributed by atoms with Crippen molar-refractivity contribution >= 4 is 77.3 Å². The fourth-order valence-electron chi connectivity index (χ4n) is 16.6. The molecule has 0 aromatic heterocycles. The molecule has 30 nitrogen and oxygen atoms in total. The highest BCUT2D eigenvalue weighted by Gasteiger charge is 2.45. The Morgan fingerprint density at radius 3 is 1.16 bits per heavy atom. The Balaban J connectivity index is 0.000000225. The molecule has 732 valence electrons. The molecule has 4 heterocycles. The molecule has 12 rings (SSSR count). The third kappa shape index (κ3) is 33.5. The third-order valence-corrected chi connectivity index (χ3v) is 24.4. The van der Waals surface area contributed by atoms with Crippen LogP contribution in [0.4, 0.5) is 14.4 Å². The summed E-state index contributed by atoms with van der Waals surface area (Å²) in [5.74, 6) is -2.16. The van der Waals surface area contributed by atoms with Gasteiger partial charge in [-0.25, -0.2) is 24.0 Å². The molecule has 2 aliphatic carbocycles. The first-order chi connectivity index (χ1) is 63.6. The van der Waals surface area contributed by atoms with Crippen molar-refractivity contribution in [2.24, 2.45) is 11.8 Å². The maximum absolute atomic E-state index is 14.3. The molecule has 134 heavy (non-hydrogen) atoms. The average molecular weight is 1870 g/mol. The maximum Gasteiger partial charge on any atom is 0.411 e. The quantitative estimate of drug-likeness (QED) is 0.0197. The Labute approximate surface area is 798 Å². The van der Waals surface area contributed by atoms with E-state index in [9.17, 15) is 52.7 Å². The van der Waals surface area contributed by atoms with Crippen molar-refractivity contribution < 1.29 is 76.4 Å². The summed E-state index contributed by atoms with van der Waals surface area (Å²) in [6.07, 6.45) is 4.13. The van der Waals surface area contributed by atoms with Crippen LogP contribution in [-0.2, 0) is 100 Å². The Hall–Kier alpha value is -11.0. The summed E-state index contributed by atoms with van der Waals surface area (Å²) in [5, 5.41) is 18.4. The third-order valence-electron chi connectivity index (χ3n) is 24.1. The van der Waals surface area contributed by atoms with E-state index >= 15 is 0 Å². The Bertz CT molecular complexity index is 4770. The van der Waals surface area contributed by atoms with E-state index in [1.807, 2.05) is 170 Å². The number of hydrogen-bond acceptors (Lipinski definition) is 21. The molecule has 6 aromatic rings. The minimum Gasteiger partial charge on any atom is -0.467 e. The molecule has 4 aliphatic heterocycles. The van der Waals surface area contributed by atoms with Crippen LogP contribution in [0.2, 0.25) is 0 Å². The second-order valence-electron chi connectivity index (χ2n) is 38.5. The highest BCUT2D eigenvalue weighted by Crippen LogP contribution is 2.33. The van der Waals surface area contributed by atoms with Crippen LogP contribution in [-0.4, -0.2) is 277 Å². The van der Waals surface area contributed by atoms with Crippen molar-refractivity contribution in [1.82, 2.24) is 71.1 Å². The van der Waals surface area contributed by atoms with Crippen LogP contribution in [0.25, 0.3) is 0 Å². The molecule has 10 atom stereocenters. The summed E-state index contributed by atoms with van der Waals surface area (Å²) in [4.78, 5) is 157. The molecule has 9 amide bonds. The highest BCUT2D eigenvalue weighted by atomic mass is 35.5. The number of piperazine rings is 4. The van der Waals surface area contributed by atoms with Crippen LogP contribution >= 0.6 is 11.6 Å². The fraction of sp³-hybridized carbons (Fsp3) is 0.544. The lowest BCUT2D eigenvalue weighted by atomic mass is 9.87. The average Bonchev–Trinajstić information content (AvgIpc) is 0.794. The lowest BCUT2D eigenvalue weighted by Gasteiger charge is -2.43. The molecule has 0 unspecified atom stereocenters. The summed E-state index contributed by atoms with van der Waals surface area (Å²) in [7, 11) is 5.86. The van der Waals surface area contributed by atoms with Crippen molar-refractivity contribution in [2.75, 3.05) is 107 Å². The van der Waals surface area contributed by atoms with Gasteiger partial charge in [0.25, 0.3) is 0 Å². The standard InChI is InChI=1S/C36H51N5O5.C31H43N5O3.C18H26N2O4.C11H20N2O4.C7H7Cl/c1-24(2)31(38-32(42)25(3)39(7)35(45)46-36(4,5)6)34(44)41-21-20-40(22-26-14-9-8-10-15-26)23-30(41)33(43)37-29-19-13-17-27-16-11-12-18-28(27)29;1-21(2)28(34-29(37)22(3)32-4)31(39)36-18-17-35(19-23-11-6-5-7-12-23)20-27(36)30(38)33-26-16-10-14-24-13-8-9-15-25(24)26;1-18(2,3)24-17(22)20-11-10-19(13-15(20)16(21)23-4)12-14-8-6-5-7-9-14;1-11(2,3)17-10(15)13-6-5-12-7-8(13)9(14)16-4;8-6-7-4-2-1-3-5-7/h8-12,14-16,18,24-25,29-31H,13,17,19-23H2,1-7H3,(H,37,43)(H,38,42);5-9,11-13,15,21-22,26-28,32H,10,14,16-20H2,1-4H3,(H,33,38)(H,34,37);5-9,15H,10-13H2,1-4H3;8,12H,5-7H2,1-4H3;1-5H,6H2/t25-,29+,30-,31-;22-,26+,27-,28-;15-;8-;/m0000./s1. The Morgan fingerprint density at radius 1 is 0.440 bits per heavy atom. The molecule has 6 aromatic carbocycles. The van der Waals surface area contributed by atoms with Crippen molar-refractivity contribution in [3.8, 4) is 0 Å². The van der Waals surface area contributed by atoms with Gasteiger partial charge in [0.2, 0.25) is 35.4 Å². The van der Waals surface area contributed by atoms with Gasteiger partial charge in [-0.15, -0.1) is 11.6 Å². The van der Waals surface area contributed by atoms with Crippen LogP contribution in [0.15, 0.2) is 170 Å². The minimum atomic E-state index is -0.881. The second-order valence-corrected chi connectivity index (χ2v) is 38.8. The van der Waals surface area contributed by atoms with Crippen LogP contribution in [0, 0.1) is 11.8 Å². The van der Waals surface area contributed by atoms with Gasteiger partial charge < -0.3 is 65.4 Å². The summed E-state index contributed by atoms with van der Waals surface area (Å²) in [6, 6.07) is 51.1. The zero-order valence-corrected chi connectivity index (χ0v) is 82.9. The molecular weight excluding hydrogens is 1720 g/mol. The molecule has 0 spiro atoms. The number of fused-ring (bicyclic) bond motifs is 2. The van der Waals surface area contributed by atoms with Gasteiger partial charge in [0.15, 0.2) is 0 Å². The number of ether oxygens (including phenoxy) is 5. The number of amides is 9. The number of nitrogens with zero attached hydrogens (tertiary/aromatic N) is 8. The molecule has 0 saturated carbocycles. The van der Waals surface area contributed by atoms with Gasteiger partial charge in [0.1, 0.15) is 59.1 Å². The van der Waals surface area contributed by atoms with Crippen molar-refractivity contribution in [3.63, 3.8) is 0 Å². The molecular formula is C103H147ClN14O16. The number of benzene rings is 6. The summed E-state index contributed by atoms with van der Waals surface area (Å²) in [5.41, 5.74) is 7.60. The van der Waals surface area contributed by atoms with E-state index in [-0.39, 0.29) is 53.5 Å². The first-order valence-electron chi connectivity index (χ1n) is 47.0. The van der Waals surface area contributed by atoms with Crippen LogP contribution < -0.4 is 31.9 Å². The van der Waals surface area contributed by atoms with Gasteiger partial charge in [-0.1, -0.05) is 198 Å². The van der Waals surface area contributed by atoms with Gasteiger partial charge in [-0.3, -0.25) is 58.2 Å². The maximum atomic E-state index is 14.3. The number of likely N-dealkylation sites (N-methyl/N-ethyl adjacent to an activating group) is 2. The zero-order valence-electron chi connectivity index (χ0n) is 82.1. The summed E-state index contributed by atoms with van der Waals surface area (Å²) in [6.45, 7) is 35.0. The lowest BCUT2D eigenvalue weighted by Crippen LogP contribution is -2.65. The lowest BCUT2D eigenvalue weighted by molar-refractivity contribution is -0.149. The SMILES string of the molecule is CC(C)[C@H](NC(=O)[C@H](C)N(C)C(=O)OC(C)(C)C)C(=O)N1CCN(Cc2ccccc2)C[C@H]1C(=O)N[C@@H]1CCCc2ccccc21.CN[C@@H](C)C(=O)N[C@H](C(=O)N1CCN(Cc2ccccc2)C[C@H]1C(=O)N[C@@H]1CCCc2ccccc21)C(C)C.COC(=O)[C@@H]1CN(Cc2ccccc2)CCN1C(=O)OC(C)(C)C.COC(=O)[C@@H]1CNCCN1C(=O)OC(C)(C)C.ClCc1ccccc1. The first-order valence-corrected chi connectivity index (χ1v) is 47.5. The molecule has 4 saturated heterocycles. The first kappa shape index (κ1) is 108. The van der Waals surface area contributed by atoms with Crippen LogP contribution in [0.5, 0.6) is 0 Å². The van der Waals surface area contributed by atoms with E-state index in [1.54, 1.807) is 72.2 Å². The van der Waals surface area contributed by atoms with E-state index in [0.717, 1.165) is 56.2 Å². The van der Waals surface area contributed by atoms with Crippen molar-refractivity contribution in [2.45, 2.75) is 245 Å². The summed E-state index contributed by atoms with van der Waals surface area (Å²) < 4.78 is 25.7. The molecule has 6 N–H and O–H groups in total. The number of alkyl halides is 1. The number of rotatable bonds is 23. The molecule has 31 heteroatoms. The van der Waals surface area contributed by atoms with Gasteiger partial charge in [0.05, 0.1) is 32.3 Å². The number of carbonyl (C=O) groups is 11. The predicted molar refractivity (Wildman–Crippen MR) is 519 cm³/mol. The number of halogens is 1. The van der Waals surface area contributed by atoms with E-state index < -0.39 is 101 Å². The molecule has 0 radical (unpaired) electrons. The smallest absolute Gasteiger partial charge is 0.411 e. The van der Waals surface area contributed by atoms with Crippen molar-refractivity contribution in [3.05, 3.63) is 214 Å². The van der Waals surface area contributed by atoms with Gasteiger partial charge in [-0.05, 0) is 178 Å². The fourth-order valence-corrected chi connectivity index (χ4v) is 16.7. The normalized spacial score (nSPS) is 19.6. The van der Waals surface area contributed by atoms with Gasteiger partial charge >= 0.3 is 30.2 Å². The molecule has 6 aliphatic rings. The summed E-state index contributed by atoms with van der Waals surface area (Å²) >= 11 is 5.53. The second kappa shape index (κ2) is 52.2. The zero-order chi connectivity index (χ0) is 98.2. The van der Waals surface area contributed by atoms with E-state index in [1.165, 1.54) is 69.3 Å². The highest BCUT2D eigenvalue weighted by molar-refractivity contribution is 6.17. The number of aryl methyl sites for hydroxylation is 2. The van der Waals surface area contributed by atoms with Gasteiger partial charge in [-0.2, -0.15) is 0 Å². The number of carbonyl (C=O) groups excluding carboxylic acids is 11. The largest absolute Gasteiger partial charge is 0.467 e. The van der Waals surface area contributed by atoms with Crippen LogP contribution in [0.1, 0.15) is 186 Å². The topological polar surface area (TPSA) is 332 Å². The monoisotopic (exact) mass is 1870 g/mol. The van der Waals surface area contributed by atoms with Crippen molar-refractivity contribution in [1.29, 1.82) is 0 Å². The number of hydrogen-bond donors (Lipinski definition) is 6. The number of methoxy groups -OCH3 is 2. The van der Waals surface area contributed by atoms with E-state index in [0.29, 0.717) is 97.5 Å². The number of esters is 2. The van der Waals surface area contributed by atoms with Gasteiger partial charge in [0, 0.05) is 111 Å². The Morgan fingerprint density at radius 2 is 0.791 bits per heavy atom.